The molecule has 3 aliphatic rings. The number of rotatable bonds is 6. The summed E-state index contributed by atoms with van der Waals surface area (Å²) >= 11 is 1.36. The molecule has 3 aliphatic heterocycles. The van der Waals surface area contributed by atoms with E-state index in [0.29, 0.717) is 67.7 Å². The normalized spacial score (nSPS) is 20.0. The molecule has 5 heterocycles. The van der Waals surface area contributed by atoms with Crippen LogP contribution >= 0.6 is 11.3 Å². The first-order chi connectivity index (χ1) is 20.4. The minimum absolute atomic E-state index is 0.0430. The molecule has 11 heteroatoms. The minimum Gasteiger partial charge on any atom is -0.450 e. The molecule has 2 aromatic heterocycles. The molecule has 220 valence electrons. The maximum absolute atomic E-state index is 13.3. The first kappa shape index (κ1) is 28.0. The number of hydrogen-bond donors (Lipinski definition) is 2. The van der Waals surface area contributed by atoms with Crippen molar-refractivity contribution in [1.82, 2.24) is 14.8 Å². The van der Waals surface area contributed by atoms with Crippen LogP contribution in [0.25, 0.3) is 0 Å². The van der Waals surface area contributed by atoms with Crippen molar-refractivity contribution in [3.8, 4) is 0 Å². The predicted octanol–water partition coefficient (Wildman–Crippen LogP) is 4.14. The molecule has 0 aliphatic carbocycles. The van der Waals surface area contributed by atoms with E-state index in [-0.39, 0.29) is 35.4 Å². The van der Waals surface area contributed by atoms with Crippen LogP contribution in [-0.2, 0) is 11.3 Å². The van der Waals surface area contributed by atoms with Crippen molar-refractivity contribution < 1.29 is 19.1 Å². The molecule has 0 radical (unpaired) electrons. The first-order valence-corrected chi connectivity index (χ1v) is 15.4. The number of benzene rings is 1. The van der Waals surface area contributed by atoms with Gasteiger partial charge in [-0.3, -0.25) is 14.4 Å². The van der Waals surface area contributed by atoms with Crippen molar-refractivity contribution in [3.63, 3.8) is 0 Å². The molecule has 1 aromatic carbocycles. The van der Waals surface area contributed by atoms with Gasteiger partial charge in [-0.1, -0.05) is 12.1 Å². The van der Waals surface area contributed by atoms with Gasteiger partial charge in [-0.05, 0) is 67.8 Å². The van der Waals surface area contributed by atoms with E-state index in [1.807, 2.05) is 40.3 Å². The average molecular weight is 590 g/mol. The number of carbonyl (C=O) groups excluding carboxylic acids is 3. The van der Waals surface area contributed by atoms with Crippen molar-refractivity contribution in [2.45, 2.75) is 44.7 Å². The summed E-state index contributed by atoms with van der Waals surface area (Å²) in [5.41, 5.74) is 3.01. The van der Waals surface area contributed by atoms with E-state index in [9.17, 15) is 19.2 Å². The number of amides is 3. The Labute approximate surface area is 248 Å². The van der Waals surface area contributed by atoms with Gasteiger partial charge >= 0.3 is 6.09 Å². The van der Waals surface area contributed by atoms with E-state index < -0.39 is 0 Å². The number of aromatic nitrogens is 1. The van der Waals surface area contributed by atoms with Gasteiger partial charge in [0.2, 0.25) is 0 Å². The largest absolute Gasteiger partial charge is 0.450 e. The van der Waals surface area contributed by atoms with Crippen LogP contribution in [0.1, 0.15) is 57.8 Å². The topological polar surface area (TPSA) is 113 Å². The molecule has 42 heavy (non-hydrogen) atoms. The number of ether oxygens (including phenoxy) is 1. The molecule has 3 aromatic rings. The zero-order valence-corrected chi connectivity index (χ0v) is 24.4. The quantitative estimate of drug-likeness (QED) is 0.447. The second kappa shape index (κ2) is 12.0. The van der Waals surface area contributed by atoms with Gasteiger partial charge in [0.25, 0.3) is 17.4 Å². The Balaban J connectivity index is 1.22. The number of nitrogens with one attached hydrogen (secondary N) is 2. The Kier molecular flexibility index (Phi) is 8.01. The molecule has 3 amide bonds. The van der Waals surface area contributed by atoms with Crippen LogP contribution in [0.5, 0.6) is 0 Å². The third-order valence-electron chi connectivity index (χ3n) is 8.43. The lowest BCUT2D eigenvalue weighted by Gasteiger charge is -2.44. The van der Waals surface area contributed by atoms with Crippen LogP contribution < -0.4 is 21.1 Å². The Morgan fingerprint density at radius 2 is 1.83 bits per heavy atom. The first-order valence-electron chi connectivity index (χ1n) is 14.6. The summed E-state index contributed by atoms with van der Waals surface area (Å²) in [6.07, 6.45) is 1.99. The number of anilines is 2. The third kappa shape index (κ3) is 5.78. The van der Waals surface area contributed by atoms with Crippen LogP contribution in [0, 0.1) is 5.92 Å². The number of fused-ring (bicyclic) bond motifs is 4. The van der Waals surface area contributed by atoms with Crippen molar-refractivity contribution >= 4 is 40.6 Å². The minimum atomic E-state index is -0.318. The van der Waals surface area contributed by atoms with Crippen LogP contribution in [0.4, 0.5) is 16.2 Å². The SMILES string of the molecule is CCOC(=O)N1CCC(NC(=O)c2ccc(N3C[C@H]4C[C@@H](C3)c3cccc(=O)n3C4)c(NC(=O)c3cccs3)c2)CC1. The lowest BCUT2D eigenvalue weighted by atomic mass is 9.83. The predicted molar refractivity (Wildman–Crippen MR) is 162 cm³/mol. The van der Waals surface area contributed by atoms with Crippen molar-refractivity contribution in [2.24, 2.45) is 5.92 Å². The lowest BCUT2D eigenvalue weighted by Crippen LogP contribution is -2.47. The lowest BCUT2D eigenvalue weighted by molar-refractivity contribution is 0.0859. The maximum atomic E-state index is 13.3. The number of pyridine rings is 1. The zero-order chi connectivity index (χ0) is 29.2. The summed E-state index contributed by atoms with van der Waals surface area (Å²) in [6.45, 7) is 5.31. The molecular weight excluding hydrogens is 554 g/mol. The number of piperidine rings is 2. The highest BCUT2D eigenvalue weighted by Gasteiger charge is 2.35. The summed E-state index contributed by atoms with van der Waals surface area (Å²) in [6, 6.07) is 14.5. The fourth-order valence-corrected chi connectivity index (χ4v) is 7.05. The number of hydrogen-bond acceptors (Lipinski definition) is 7. The molecule has 2 bridgehead atoms. The molecule has 10 nitrogen and oxygen atoms in total. The Morgan fingerprint density at radius 1 is 1.00 bits per heavy atom. The standard InChI is InChI=1S/C31H35N5O5S/c1-2-41-31(40)34-12-10-23(11-13-34)32-29(38)21-8-9-26(24(16-21)33-30(39)27-6-4-14-42-27)35-17-20-15-22(19-35)25-5-3-7-28(37)36(25)18-20/h3-9,14,16,20,22-23H,2,10-13,15,17-19H2,1H3,(H,32,38)(H,33,39)/t20-,22+/m1/s1. The van der Waals surface area contributed by atoms with Crippen LogP contribution in [-0.4, -0.2) is 66.2 Å². The van der Waals surface area contributed by atoms with Crippen molar-refractivity contribution in [2.75, 3.05) is 43.0 Å². The summed E-state index contributed by atoms with van der Waals surface area (Å²) < 4.78 is 7.00. The summed E-state index contributed by atoms with van der Waals surface area (Å²) in [4.78, 5) is 55.5. The molecule has 6 rings (SSSR count). The van der Waals surface area contributed by atoms with E-state index in [1.54, 1.807) is 30.0 Å². The number of thiophene rings is 1. The van der Waals surface area contributed by atoms with Gasteiger partial charge in [-0.15, -0.1) is 11.3 Å². The molecule has 2 saturated heterocycles. The van der Waals surface area contributed by atoms with Gasteiger partial charge < -0.3 is 29.7 Å². The second-order valence-electron chi connectivity index (χ2n) is 11.2. The van der Waals surface area contributed by atoms with E-state index >= 15 is 0 Å². The van der Waals surface area contributed by atoms with Crippen LogP contribution in [0.2, 0.25) is 0 Å². The Hall–Kier alpha value is -4.12. The molecule has 0 spiro atoms. The number of carbonyl (C=O) groups is 3. The highest BCUT2D eigenvalue weighted by molar-refractivity contribution is 7.12. The van der Waals surface area contributed by atoms with Crippen molar-refractivity contribution in [1.29, 1.82) is 0 Å². The van der Waals surface area contributed by atoms with Gasteiger partial charge in [0.05, 0.1) is 22.9 Å². The van der Waals surface area contributed by atoms with E-state index in [0.717, 1.165) is 24.3 Å². The molecule has 2 N–H and O–H groups in total. The molecule has 0 saturated carbocycles. The molecule has 2 atom stereocenters. The van der Waals surface area contributed by atoms with E-state index in [2.05, 4.69) is 15.5 Å². The Morgan fingerprint density at radius 3 is 2.60 bits per heavy atom. The summed E-state index contributed by atoms with van der Waals surface area (Å²) in [5.74, 6) is 0.0761. The maximum Gasteiger partial charge on any atom is 0.409 e. The van der Waals surface area contributed by atoms with Gasteiger partial charge in [-0.2, -0.15) is 0 Å². The fourth-order valence-electron chi connectivity index (χ4n) is 6.43. The third-order valence-corrected chi connectivity index (χ3v) is 9.30. The van der Waals surface area contributed by atoms with Gasteiger partial charge in [-0.25, -0.2) is 4.79 Å². The highest BCUT2D eigenvalue weighted by atomic mass is 32.1. The van der Waals surface area contributed by atoms with Crippen LogP contribution in [0.15, 0.2) is 58.7 Å². The number of likely N-dealkylation sites (tertiary alicyclic amines) is 1. The van der Waals surface area contributed by atoms with Crippen LogP contribution in [0.3, 0.4) is 0 Å². The monoisotopic (exact) mass is 589 g/mol. The summed E-state index contributed by atoms with van der Waals surface area (Å²) in [7, 11) is 0. The Bertz CT molecular complexity index is 1530. The highest BCUT2D eigenvalue weighted by Crippen LogP contribution is 2.39. The molecule has 0 unspecified atom stereocenters. The van der Waals surface area contributed by atoms with Gasteiger partial charge in [0.1, 0.15) is 0 Å². The van der Waals surface area contributed by atoms with Crippen molar-refractivity contribution in [3.05, 3.63) is 80.4 Å². The molecular formula is C31H35N5O5S. The zero-order valence-electron chi connectivity index (χ0n) is 23.6. The van der Waals surface area contributed by atoms with Gasteiger partial charge in [0.15, 0.2) is 0 Å². The fraction of sp³-hybridized carbons (Fsp3) is 0.419. The second-order valence-corrected chi connectivity index (χ2v) is 12.1. The number of nitrogens with zero attached hydrogens (tertiary/aromatic N) is 3. The summed E-state index contributed by atoms with van der Waals surface area (Å²) in [5, 5.41) is 8.04. The smallest absolute Gasteiger partial charge is 0.409 e. The van der Waals surface area contributed by atoms with E-state index in [1.165, 1.54) is 11.3 Å². The average Bonchev–Trinajstić information content (AvgIpc) is 3.54. The molecule has 2 fully saturated rings. The van der Waals surface area contributed by atoms with E-state index in [4.69, 9.17) is 4.74 Å². The van der Waals surface area contributed by atoms with Gasteiger partial charge in [0, 0.05) is 62.0 Å².